The van der Waals surface area contributed by atoms with E-state index < -0.39 is 17.8 Å². The minimum atomic E-state index is -4.33. The van der Waals surface area contributed by atoms with Crippen molar-refractivity contribution in [1.29, 1.82) is 0 Å². The van der Waals surface area contributed by atoms with Crippen LogP contribution in [0.1, 0.15) is 43.9 Å². The zero-order valence-electron chi connectivity index (χ0n) is 10.5. The molecule has 0 saturated carbocycles. The van der Waals surface area contributed by atoms with E-state index in [1.165, 1.54) is 12.1 Å². The van der Waals surface area contributed by atoms with Crippen LogP contribution in [0.2, 0.25) is 0 Å². The Morgan fingerprint density at radius 2 is 1.67 bits per heavy atom. The quantitative estimate of drug-likeness (QED) is 0.860. The molecule has 1 nitrogen and oxygen atoms in total. The molecule has 0 bridgehead atoms. The number of halogens is 4. The summed E-state index contributed by atoms with van der Waals surface area (Å²) in [4.78, 5) is 0. The van der Waals surface area contributed by atoms with Gasteiger partial charge in [0.2, 0.25) is 0 Å². The van der Waals surface area contributed by atoms with Gasteiger partial charge >= 0.3 is 6.18 Å². The molecule has 0 unspecified atom stereocenters. The third kappa shape index (κ3) is 4.86. The van der Waals surface area contributed by atoms with E-state index in [9.17, 15) is 13.2 Å². The third-order valence-corrected chi connectivity index (χ3v) is 2.72. The van der Waals surface area contributed by atoms with Crippen LogP contribution in [0.5, 0.6) is 0 Å². The number of alkyl halides is 3. The number of nitrogens with two attached hydrogens (primary N) is 1. The maximum absolute atomic E-state index is 12.8. The average molecular weight is 282 g/mol. The summed E-state index contributed by atoms with van der Waals surface area (Å²) in [7, 11) is 0. The SMILES string of the molecule is CC(C)CC[C@H](N)c1ccccc1C(F)(F)F.Cl. The molecule has 0 fully saturated rings. The van der Waals surface area contributed by atoms with Crippen LogP contribution in [0.25, 0.3) is 0 Å². The van der Waals surface area contributed by atoms with Crippen molar-refractivity contribution in [3.05, 3.63) is 35.4 Å². The standard InChI is InChI=1S/C13H18F3N.ClH/c1-9(2)7-8-12(17)10-5-3-4-6-11(10)13(14,15)16;/h3-6,9,12H,7-8,17H2,1-2H3;1H/t12-;/m0./s1. The van der Waals surface area contributed by atoms with Gasteiger partial charge in [0, 0.05) is 6.04 Å². The van der Waals surface area contributed by atoms with Crippen LogP contribution in [0.3, 0.4) is 0 Å². The highest BCUT2D eigenvalue weighted by Gasteiger charge is 2.34. The van der Waals surface area contributed by atoms with E-state index in [1.54, 1.807) is 6.07 Å². The topological polar surface area (TPSA) is 26.0 Å². The molecule has 0 heterocycles. The largest absolute Gasteiger partial charge is 0.416 e. The summed E-state index contributed by atoms with van der Waals surface area (Å²) in [5.41, 5.74) is 5.42. The molecule has 0 aliphatic rings. The van der Waals surface area contributed by atoms with Gasteiger partial charge in [-0.25, -0.2) is 0 Å². The smallest absolute Gasteiger partial charge is 0.324 e. The van der Waals surface area contributed by atoms with Gasteiger partial charge in [-0.1, -0.05) is 32.0 Å². The first kappa shape index (κ1) is 17.3. The maximum Gasteiger partial charge on any atom is 0.416 e. The lowest BCUT2D eigenvalue weighted by atomic mass is 9.94. The van der Waals surface area contributed by atoms with Crippen LogP contribution in [-0.2, 0) is 6.18 Å². The van der Waals surface area contributed by atoms with Gasteiger partial charge in [0.25, 0.3) is 0 Å². The van der Waals surface area contributed by atoms with Gasteiger partial charge in [0.15, 0.2) is 0 Å². The van der Waals surface area contributed by atoms with E-state index in [4.69, 9.17) is 5.73 Å². The Bertz CT molecular complexity index is 363. The summed E-state index contributed by atoms with van der Waals surface area (Å²) in [5.74, 6) is 0.444. The third-order valence-electron chi connectivity index (χ3n) is 2.72. The lowest BCUT2D eigenvalue weighted by Crippen LogP contribution is -2.17. The van der Waals surface area contributed by atoms with Crippen LogP contribution in [0.4, 0.5) is 13.2 Å². The predicted octanol–water partition coefficient (Wildman–Crippen LogP) is 4.56. The molecular formula is C13H19ClF3N. The second-order valence-corrected chi connectivity index (χ2v) is 4.66. The Hall–Kier alpha value is -0.740. The molecule has 104 valence electrons. The van der Waals surface area contributed by atoms with Crippen molar-refractivity contribution < 1.29 is 13.2 Å². The van der Waals surface area contributed by atoms with E-state index in [-0.39, 0.29) is 18.0 Å². The minimum Gasteiger partial charge on any atom is -0.324 e. The van der Waals surface area contributed by atoms with Crippen molar-refractivity contribution in [3.63, 3.8) is 0 Å². The summed E-state index contributed by atoms with van der Waals surface area (Å²) in [5, 5.41) is 0. The van der Waals surface area contributed by atoms with Gasteiger partial charge in [-0.15, -0.1) is 12.4 Å². The zero-order valence-corrected chi connectivity index (χ0v) is 11.3. The summed E-state index contributed by atoms with van der Waals surface area (Å²) >= 11 is 0. The van der Waals surface area contributed by atoms with Crippen LogP contribution >= 0.6 is 12.4 Å². The molecule has 1 atom stereocenters. The fourth-order valence-electron chi connectivity index (χ4n) is 1.75. The molecule has 1 aromatic rings. The predicted molar refractivity (Wildman–Crippen MR) is 69.7 cm³/mol. The van der Waals surface area contributed by atoms with Crippen LogP contribution < -0.4 is 5.73 Å². The Kier molecular flexibility index (Phi) is 6.71. The second-order valence-electron chi connectivity index (χ2n) is 4.66. The van der Waals surface area contributed by atoms with Gasteiger partial charge in [-0.3, -0.25) is 0 Å². The van der Waals surface area contributed by atoms with Crippen molar-refractivity contribution in [2.24, 2.45) is 11.7 Å². The van der Waals surface area contributed by atoms with E-state index in [0.29, 0.717) is 12.3 Å². The highest BCUT2D eigenvalue weighted by Crippen LogP contribution is 2.35. The Balaban J connectivity index is 0.00000289. The van der Waals surface area contributed by atoms with Gasteiger partial charge in [0.1, 0.15) is 0 Å². The molecule has 0 amide bonds. The monoisotopic (exact) mass is 281 g/mol. The van der Waals surface area contributed by atoms with Crippen LogP contribution in [-0.4, -0.2) is 0 Å². The first-order chi connectivity index (χ1) is 7.82. The Morgan fingerprint density at radius 3 is 2.17 bits per heavy atom. The molecule has 0 aliphatic carbocycles. The Morgan fingerprint density at radius 1 is 1.11 bits per heavy atom. The molecule has 0 spiro atoms. The van der Waals surface area contributed by atoms with Gasteiger partial charge < -0.3 is 5.73 Å². The molecule has 2 N–H and O–H groups in total. The summed E-state index contributed by atoms with van der Waals surface area (Å²) in [6.45, 7) is 4.06. The van der Waals surface area contributed by atoms with Gasteiger partial charge in [-0.05, 0) is 30.4 Å². The lowest BCUT2D eigenvalue weighted by molar-refractivity contribution is -0.138. The van der Waals surface area contributed by atoms with E-state index in [2.05, 4.69) is 0 Å². The second kappa shape index (κ2) is 7.00. The highest BCUT2D eigenvalue weighted by atomic mass is 35.5. The number of hydrogen-bond donors (Lipinski definition) is 1. The van der Waals surface area contributed by atoms with E-state index in [0.717, 1.165) is 12.5 Å². The summed E-state index contributed by atoms with van der Waals surface area (Å²) in [6, 6.07) is 5.00. The molecule has 1 rings (SSSR count). The van der Waals surface area contributed by atoms with Crippen molar-refractivity contribution in [1.82, 2.24) is 0 Å². The van der Waals surface area contributed by atoms with Crippen molar-refractivity contribution >= 4 is 12.4 Å². The minimum absolute atomic E-state index is 0. The first-order valence-electron chi connectivity index (χ1n) is 5.74. The molecule has 18 heavy (non-hydrogen) atoms. The number of rotatable bonds is 4. The molecule has 0 saturated heterocycles. The van der Waals surface area contributed by atoms with Crippen molar-refractivity contribution in [2.45, 2.75) is 38.9 Å². The average Bonchev–Trinajstić information content (AvgIpc) is 2.24. The number of benzene rings is 1. The fraction of sp³-hybridized carbons (Fsp3) is 0.538. The normalized spacial score (nSPS) is 13.3. The molecule has 0 aliphatic heterocycles. The first-order valence-corrected chi connectivity index (χ1v) is 5.74. The number of hydrogen-bond acceptors (Lipinski definition) is 1. The van der Waals surface area contributed by atoms with Gasteiger partial charge in [0.05, 0.1) is 5.56 Å². The molecule has 0 aromatic heterocycles. The molecular weight excluding hydrogens is 263 g/mol. The molecule has 1 aromatic carbocycles. The summed E-state index contributed by atoms with van der Waals surface area (Å²) < 4.78 is 38.3. The van der Waals surface area contributed by atoms with Gasteiger partial charge in [-0.2, -0.15) is 13.2 Å². The van der Waals surface area contributed by atoms with Crippen LogP contribution in [0, 0.1) is 5.92 Å². The lowest BCUT2D eigenvalue weighted by Gasteiger charge is -2.18. The van der Waals surface area contributed by atoms with E-state index in [1.807, 2.05) is 13.8 Å². The fourth-order valence-corrected chi connectivity index (χ4v) is 1.75. The van der Waals surface area contributed by atoms with E-state index >= 15 is 0 Å². The summed E-state index contributed by atoms with van der Waals surface area (Å²) in [6.07, 6.45) is -2.93. The highest BCUT2D eigenvalue weighted by molar-refractivity contribution is 5.85. The van der Waals surface area contributed by atoms with Crippen LogP contribution in [0.15, 0.2) is 24.3 Å². The maximum atomic E-state index is 12.8. The Labute approximate surface area is 112 Å². The molecule has 0 radical (unpaired) electrons. The zero-order chi connectivity index (χ0) is 13.1. The van der Waals surface area contributed by atoms with Crippen molar-refractivity contribution in [3.8, 4) is 0 Å². The van der Waals surface area contributed by atoms with Crippen molar-refractivity contribution in [2.75, 3.05) is 0 Å². The molecule has 5 heteroatoms.